The molecule has 1 aromatic carbocycles. The fraction of sp³-hybridized carbons (Fsp3) is 0.500. The number of nitrogens with one attached hydrogen (secondary N) is 1. The molecule has 0 aliphatic heterocycles. The van der Waals surface area contributed by atoms with Gasteiger partial charge in [0.1, 0.15) is 0 Å². The highest BCUT2D eigenvalue weighted by Gasteiger charge is 2.16. The summed E-state index contributed by atoms with van der Waals surface area (Å²) in [5, 5.41) is 3.32. The monoisotopic (exact) mass is 327 g/mol. The molecule has 1 aromatic rings. The van der Waals surface area contributed by atoms with Gasteiger partial charge in [0, 0.05) is 22.7 Å². The summed E-state index contributed by atoms with van der Waals surface area (Å²) in [6.07, 6.45) is 0. The summed E-state index contributed by atoms with van der Waals surface area (Å²) in [5.41, 5.74) is 7.56. The third kappa shape index (κ3) is 4.84. The van der Waals surface area contributed by atoms with Crippen molar-refractivity contribution in [1.29, 1.82) is 0 Å². The van der Waals surface area contributed by atoms with Crippen LogP contribution in [0.3, 0.4) is 0 Å². The van der Waals surface area contributed by atoms with E-state index in [0.717, 1.165) is 28.8 Å². The number of carbonyl (C=O) groups excluding carboxylic acids is 1. The van der Waals surface area contributed by atoms with E-state index in [0.29, 0.717) is 0 Å². The molecule has 106 valence electrons. The van der Waals surface area contributed by atoms with Crippen LogP contribution >= 0.6 is 15.9 Å². The zero-order valence-corrected chi connectivity index (χ0v) is 13.3. The summed E-state index contributed by atoms with van der Waals surface area (Å²) in [7, 11) is 0. The lowest BCUT2D eigenvalue weighted by atomic mass is 10.1. The average molecular weight is 328 g/mol. The van der Waals surface area contributed by atoms with Crippen LogP contribution in [0.1, 0.15) is 26.3 Å². The maximum atomic E-state index is 11.2. The highest BCUT2D eigenvalue weighted by molar-refractivity contribution is 9.10. The van der Waals surface area contributed by atoms with Crippen molar-refractivity contribution >= 4 is 27.5 Å². The van der Waals surface area contributed by atoms with Gasteiger partial charge in [0.2, 0.25) is 5.91 Å². The van der Waals surface area contributed by atoms with Gasteiger partial charge >= 0.3 is 0 Å². The molecule has 3 N–H and O–H groups in total. The van der Waals surface area contributed by atoms with Crippen LogP contribution < -0.4 is 16.0 Å². The molecule has 0 aliphatic carbocycles. The molecule has 0 spiro atoms. The molecule has 1 amide bonds. The van der Waals surface area contributed by atoms with Crippen molar-refractivity contribution < 1.29 is 4.79 Å². The molecule has 1 rings (SSSR count). The quantitative estimate of drug-likeness (QED) is 0.807. The Balaban J connectivity index is 3.09. The van der Waals surface area contributed by atoms with Gasteiger partial charge in [-0.15, -0.1) is 0 Å². The molecule has 0 aromatic heterocycles. The molecule has 0 saturated carbocycles. The van der Waals surface area contributed by atoms with E-state index in [2.05, 4.69) is 48.1 Å². The van der Waals surface area contributed by atoms with Crippen molar-refractivity contribution in [2.45, 2.75) is 33.4 Å². The van der Waals surface area contributed by atoms with Gasteiger partial charge in [0.25, 0.3) is 0 Å². The fourth-order valence-electron chi connectivity index (χ4n) is 1.95. The number of primary amides is 1. The zero-order chi connectivity index (χ0) is 14.4. The van der Waals surface area contributed by atoms with Crippen molar-refractivity contribution in [3.63, 3.8) is 0 Å². The molecule has 0 heterocycles. The first-order valence-electron chi connectivity index (χ1n) is 6.49. The number of nitrogens with two attached hydrogens (primary N) is 1. The molecule has 4 nitrogen and oxygen atoms in total. The van der Waals surface area contributed by atoms with Crippen LogP contribution in [0.5, 0.6) is 0 Å². The maximum Gasteiger partial charge on any atom is 0.236 e. The lowest BCUT2D eigenvalue weighted by Crippen LogP contribution is -2.39. The first-order valence-corrected chi connectivity index (χ1v) is 7.29. The number of anilines is 1. The van der Waals surface area contributed by atoms with Crippen molar-refractivity contribution in [2.75, 3.05) is 18.0 Å². The van der Waals surface area contributed by atoms with Gasteiger partial charge in [-0.25, -0.2) is 0 Å². The van der Waals surface area contributed by atoms with E-state index in [1.54, 1.807) is 0 Å². The Labute approximate surface area is 123 Å². The van der Waals surface area contributed by atoms with E-state index < -0.39 is 0 Å². The van der Waals surface area contributed by atoms with Crippen LogP contribution in [0.15, 0.2) is 22.7 Å². The Morgan fingerprint density at radius 3 is 2.68 bits per heavy atom. The number of hydrogen-bond donors (Lipinski definition) is 2. The Bertz CT molecular complexity index is 435. The number of amides is 1. The Morgan fingerprint density at radius 2 is 2.16 bits per heavy atom. The zero-order valence-electron chi connectivity index (χ0n) is 11.7. The van der Waals surface area contributed by atoms with Crippen molar-refractivity contribution in [1.82, 2.24) is 5.32 Å². The normalized spacial score (nSPS) is 10.8. The molecule has 5 heteroatoms. The highest BCUT2D eigenvalue weighted by atomic mass is 79.9. The third-order valence-corrected chi connectivity index (χ3v) is 3.36. The van der Waals surface area contributed by atoms with Gasteiger partial charge in [-0.1, -0.05) is 22.9 Å². The molecule has 0 fully saturated rings. The molecule has 0 bridgehead atoms. The van der Waals surface area contributed by atoms with Gasteiger partial charge in [-0.3, -0.25) is 4.79 Å². The predicted octanol–water partition coefficient (Wildman–Crippen LogP) is 2.26. The van der Waals surface area contributed by atoms with Crippen LogP contribution in [0, 0.1) is 0 Å². The van der Waals surface area contributed by atoms with Crippen molar-refractivity contribution in [3.05, 3.63) is 28.2 Å². The molecular weight excluding hydrogens is 306 g/mol. The number of hydrogen-bond acceptors (Lipinski definition) is 3. The van der Waals surface area contributed by atoms with E-state index in [1.807, 2.05) is 17.0 Å². The Kier molecular flexibility index (Phi) is 6.31. The second-order valence-corrected chi connectivity index (χ2v) is 5.66. The van der Waals surface area contributed by atoms with Crippen LogP contribution in [-0.2, 0) is 11.3 Å². The summed E-state index contributed by atoms with van der Waals surface area (Å²) in [4.78, 5) is 13.3. The average Bonchev–Trinajstić information content (AvgIpc) is 2.33. The molecule has 0 saturated heterocycles. The van der Waals surface area contributed by atoms with Gasteiger partial charge in [0.05, 0.1) is 6.54 Å². The van der Waals surface area contributed by atoms with E-state index >= 15 is 0 Å². The smallest absolute Gasteiger partial charge is 0.236 e. The van der Waals surface area contributed by atoms with E-state index in [-0.39, 0.29) is 18.5 Å². The first-order chi connectivity index (χ1) is 8.95. The van der Waals surface area contributed by atoms with E-state index in [4.69, 9.17) is 5.73 Å². The number of carbonyl (C=O) groups is 1. The lowest BCUT2D eigenvalue weighted by Gasteiger charge is -2.30. The predicted molar refractivity (Wildman–Crippen MR) is 83.2 cm³/mol. The molecule has 0 aliphatic rings. The number of benzene rings is 1. The standard InChI is InChI=1S/C14H22BrN3O/c1-4-17-8-11-7-12(15)5-6-13(11)18(10(2)3)9-14(16)19/h5-7,10,17H,4,8-9H2,1-3H3,(H2,16,19). The number of rotatable bonds is 7. The van der Waals surface area contributed by atoms with Crippen LogP contribution in [0.2, 0.25) is 0 Å². The first kappa shape index (κ1) is 16.0. The summed E-state index contributed by atoms with van der Waals surface area (Å²) >= 11 is 3.49. The second-order valence-electron chi connectivity index (χ2n) is 4.74. The Hall–Kier alpha value is -1.07. The van der Waals surface area contributed by atoms with Gasteiger partial charge in [0.15, 0.2) is 0 Å². The third-order valence-electron chi connectivity index (χ3n) is 2.87. The van der Waals surface area contributed by atoms with Crippen LogP contribution in [0.25, 0.3) is 0 Å². The van der Waals surface area contributed by atoms with Crippen LogP contribution in [0.4, 0.5) is 5.69 Å². The molecule has 0 radical (unpaired) electrons. The largest absolute Gasteiger partial charge is 0.368 e. The molecular formula is C14H22BrN3O. The van der Waals surface area contributed by atoms with Crippen LogP contribution in [-0.4, -0.2) is 25.0 Å². The van der Waals surface area contributed by atoms with Crippen molar-refractivity contribution in [3.8, 4) is 0 Å². The molecule has 0 unspecified atom stereocenters. The van der Waals surface area contributed by atoms with Gasteiger partial charge < -0.3 is 16.0 Å². The minimum atomic E-state index is -0.314. The van der Waals surface area contributed by atoms with Gasteiger partial charge in [-0.05, 0) is 44.2 Å². The number of halogens is 1. The summed E-state index contributed by atoms with van der Waals surface area (Å²) in [5.74, 6) is -0.314. The Morgan fingerprint density at radius 1 is 1.47 bits per heavy atom. The minimum Gasteiger partial charge on any atom is -0.368 e. The molecule has 0 atom stereocenters. The van der Waals surface area contributed by atoms with Crippen molar-refractivity contribution in [2.24, 2.45) is 5.73 Å². The van der Waals surface area contributed by atoms with Gasteiger partial charge in [-0.2, -0.15) is 0 Å². The van der Waals surface area contributed by atoms with E-state index in [1.165, 1.54) is 0 Å². The second kappa shape index (κ2) is 7.50. The minimum absolute atomic E-state index is 0.217. The maximum absolute atomic E-state index is 11.2. The fourth-order valence-corrected chi connectivity index (χ4v) is 2.36. The summed E-state index contributed by atoms with van der Waals surface area (Å²) < 4.78 is 1.03. The van der Waals surface area contributed by atoms with E-state index in [9.17, 15) is 4.79 Å². The SMILES string of the molecule is CCNCc1cc(Br)ccc1N(CC(N)=O)C(C)C. The summed E-state index contributed by atoms with van der Waals surface area (Å²) in [6.45, 7) is 8.10. The highest BCUT2D eigenvalue weighted by Crippen LogP contribution is 2.26. The summed E-state index contributed by atoms with van der Waals surface area (Å²) in [6, 6.07) is 6.31. The molecule has 19 heavy (non-hydrogen) atoms. The topological polar surface area (TPSA) is 58.4 Å². The number of nitrogens with zero attached hydrogens (tertiary/aromatic N) is 1. The lowest BCUT2D eigenvalue weighted by molar-refractivity contribution is -0.116.